The minimum absolute atomic E-state index is 0.0962. The number of thioether (sulfide) groups is 1. The number of amides is 2. The van der Waals surface area contributed by atoms with Gasteiger partial charge in [-0.15, -0.1) is 0 Å². The van der Waals surface area contributed by atoms with Crippen LogP contribution in [0.5, 0.6) is 0 Å². The summed E-state index contributed by atoms with van der Waals surface area (Å²) in [7, 11) is 0. The van der Waals surface area contributed by atoms with Crippen LogP contribution in [0.25, 0.3) is 0 Å². The molecule has 1 aliphatic heterocycles. The lowest BCUT2D eigenvalue weighted by Crippen LogP contribution is -2.31. The number of nitrogens with zero attached hydrogens (tertiary/aromatic N) is 1. The van der Waals surface area contributed by atoms with Gasteiger partial charge in [0.25, 0.3) is 0 Å². The summed E-state index contributed by atoms with van der Waals surface area (Å²) in [5.41, 5.74) is 4.36. The molecule has 2 aromatic carbocycles. The molecule has 1 heterocycles. The van der Waals surface area contributed by atoms with Gasteiger partial charge in [0, 0.05) is 22.5 Å². The molecule has 0 fully saturated rings. The number of aryl methyl sites for hydroxylation is 2. The van der Waals surface area contributed by atoms with Crippen molar-refractivity contribution in [2.75, 3.05) is 11.1 Å². The second kappa shape index (κ2) is 9.29. The lowest BCUT2D eigenvalue weighted by Gasteiger charge is -2.25. The second-order valence-electron chi connectivity index (χ2n) is 6.85. The van der Waals surface area contributed by atoms with Crippen LogP contribution in [0.1, 0.15) is 29.0 Å². The Morgan fingerprint density at radius 3 is 2.76 bits per heavy atom. The molecule has 0 saturated carbocycles. The molecule has 3 rings (SSSR count). The van der Waals surface area contributed by atoms with E-state index in [1.165, 1.54) is 11.8 Å². The van der Waals surface area contributed by atoms with Gasteiger partial charge in [-0.1, -0.05) is 45.9 Å². The van der Waals surface area contributed by atoms with Crippen molar-refractivity contribution < 1.29 is 9.59 Å². The summed E-state index contributed by atoms with van der Waals surface area (Å²) in [5, 5.41) is 15.8. The first-order chi connectivity index (χ1) is 13.9. The highest BCUT2D eigenvalue weighted by Gasteiger charge is 2.30. The summed E-state index contributed by atoms with van der Waals surface area (Å²) in [6.07, 6.45) is 0.207. The Bertz CT molecular complexity index is 1040. The molecule has 0 aromatic heterocycles. The van der Waals surface area contributed by atoms with E-state index in [4.69, 9.17) is 0 Å². The lowest BCUT2D eigenvalue weighted by atomic mass is 9.87. The van der Waals surface area contributed by atoms with Gasteiger partial charge in [0.05, 0.1) is 22.4 Å². The quantitative estimate of drug-likeness (QED) is 0.659. The number of nitrogens with one attached hydrogen (secondary N) is 2. The number of benzene rings is 2. The molecule has 0 saturated heterocycles. The van der Waals surface area contributed by atoms with Crippen LogP contribution in [0.3, 0.4) is 0 Å². The molecule has 29 heavy (non-hydrogen) atoms. The van der Waals surface area contributed by atoms with E-state index in [2.05, 4.69) is 32.6 Å². The summed E-state index contributed by atoms with van der Waals surface area (Å²) < 4.78 is 0.889. The molecule has 5 nitrogen and oxygen atoms in total. The van der Waals surface area contributed by atoms with Gasteiger partial charge in [-0.25, -0.2) is 0 Å². The van der Waals surface area contributed by atoms with Crippen molar-refractivity contribution in [2.24, 2.45) is 0 Å². The van der Waals surface area contributed by atoms with Crippen molar-refractivity contribution in [3.63, 3.8) is 0 Å². The second-order valence-corrected chi connectivity index (χ2v) is 8.75. The normalized spacial score (nSPS) is 16.2. The van der Waals surface area contributed by atoms with Crippen LogP contribution in [0.2, 0.25) is 0 Å². The van der Waals surface area contributed by atoms with Crippen LogP contribution >= 0.6 is 27.7 Å². The van der Waals surface area contributed by atoms with Crippen molar-refractivity contribution in [2.45, 2.75) is 26.2 Å². The maximum absolute atomic E-state index is 12.4. The minimum Gasteiger partial charge on any atom is -0.325 e. The van der Waals surface area contributed by atoms with Crippen molar-refractivity contribution in [3.05, 3.63) is 74.2 Å². The number of hydrogen-bond donors (Lipinski definition) is 2. The summed E-state index contributed by atoms with van der Waals surface area (Å²) in [4.78, 5) is 24.6. The van der Waals surface area contributed by atoms with Gasteiger partial charge < -0.3 is 10.6 Å². The topological polar surface area (TPSA) is 82.0 Å². The van der Waals surface area contributed by atoms with Gasteiger partial charge in [0.15, 0.2) is 0 Å². The van der Waals surface area contributed by atoms with Crippen molar-refractivity contribution in [3.8, 4) is 6.07 Å². The van der Waals surface area contributed by atoms with E-state index in [1.54, 1.807) is 0 Å². The predicted octanol–water partition coefficient (Wildman–Crippen LogP) is 4.78. The number of anilines is 1. The van der Waals surface area contributed by atoms with Crippen LogP contribution in [0.15, 0.2) is 57.5 Å². The monoisotopic (exact) mass is 469 g/mol. The number of nitriles is 1. The molecule has 1 aliphatic rings. The fraction of sp³-hybridized carbons (Fsp3) is 0.227. The summed E-state index contributed by atoms with van der Waals surface area (Å²) in [6.45, 7) is 4.00. The molecule has 0 aliphatic carbocycles. The van der Waals surface area contributed by atoms with Crippen LogP contribution < -0.4 is 10.6 Å². The summed E-state index contributed by atoms with van der Waals surface area (Å²) in [5.74, 6) is -0.580. The molecular formula is C22H20BrN3O2S. The molecule has 2 aromatic rings. The van der Waals surface area contributed by atoms with Crippen molar-refractivity contribution >= 4 is 45.2 Å². The van der Waals surface area contributed by atoms with Crippen LogP contribution in [0.4, 0.5) is 5.69 Å². The number of carbonyl (C=O) groups is 2. The molecular weight excluding hydrogens is 450 g/mol. The number of halogens is 1. The van der Waals surface area contributed by atoms with Crippen molar-refractivity contribution in [1.29, 1.82) is 5.26 Å². The van der Waals surface area contributed by atoms with Crippen LogP contribution in [0, 0.1) is 25.2 Å². The minimum atomic E-state index is -0.323. The van der Waals surface area contributed by atoms with Crippen molar-refractivity contribution in [1.82, 2.24) is 5.32 Å². The highest BCUT2D eigenvalue weighted by molar-refractivity contribution is 9.10. The molecule has 0 unspecified atom stereocenters. The van der Waals surface area contributed by atoms with E-state index in [9.17, 15) is 14.9 Å². The number of allylic oxidation sites excluding steroid dienone is 1. The standard InChI is InChI=1S/C22H20BrN3O2S/c1-13-6-7-17(8-14(13)2)25-21(28)12-29-22-19(11-24)18(10-20(27)26-22)15-4-3-5-16(23)9-15/h3-9,18H,10,12H2,1-2H3,(H,25,28)(H,26,27)/t18-/m0/s1. The van der Waals surface area contributed by atoms with E-state index < -0.39 is 0 Å². The largest absolute Gasteiger partial charge is 0.325 e. The Morgan fingerprint density at radius 2 is 2.07 bits per heavy atom. The van der Waals surface area contributed by atoms with E-state index in [-0.39, 0.29) is 29.9 Å². The molecule has 2 amide bonds. The maximum Gasteiger partial charge on any atom is 0.234 e. The average molecular weight is 470 g/mol. The highest BCUT2D eigenvalue weighted by Crippen LogP contribution is 2.36. The number of carbonyl (C=O) groups excluding carboxylic acids is 2. The van der Waals surface area contributed by atoms with Gasteiger partial charge in [0.2, 0.25) is 11.8 Å². The Balaban J connectivity index is 1.75. The highest BCUT2D eigenvalue weighted by atomic mass is 79.9. The fourth-order valence-electron chi connectivity index (χ4n) is 3.10. The van der Waals surface area contributed by atoms with Crippen LogP contribution in [-0.4, -0.2) is 17.6 Å². The third kappa shape index (κ3) is 5.28. The third-order valence-electron chi connectivity index (χ3n) is 4.75. The predicted molar refractivity (Wildman–Crippen MR) is 119 cm³/mol. The smallest absolute Gasteiger partial charge is 0.234 e. The molecule has 7 heteroatoms. The Kier molecular flexibility index (Phi) is 6.78. The first-order valence-corrected chi connectivity index (χ1v) is 10.8. The van der Waals surface area contributed by atoms with Gasteiger partial charge in [0.1, 0.15) is 0 Å². The molecule has 0 radical (unpaired) electrons. The molecule has 1 atom stereocenters. The van der Waals surface area contributed by atoms with E-state index in [0.29, 0.717) is 10.6 Å². The molecule has 0 bridgehead atoms. The fourth-order valence-corrected chi connectivity index (χ4v) is 4.39. The first-order valence-electron chi connectivity index (χ1n) is 9.07. The maximum atomic E-state index is 12.4. The molecule has 0 spiro atoms. The van der Waals surface area contributed by atoms with E-state index in [1.807, 2.05) is 56.3 Å². The number of hydrogen-bond acceptors (Lipinski definition) is 4. The molecule has 2 N–H and O–H groups in total. The Morgan fingerprint density at radius 1 is 1.28 bits per heavy atom. The third-order valence-corrected chi connectivity index (χ3v) is 6.26. The summed E-state index contributed by atoms with van der Waals surface area (Å²) in [6, 6.07) is 15.6. The van der Waals surface area contributed by atoms with E-state index in [0.717, 1.165) is 26.9 Å². The zero-order valence-electron chi connectivity index (χ0n) is 16.1. The van der Waals surface area contributed by atoms with Gasteiger partial charge in [-0.05, 0) is 54.8 Å². The summed E-state index contributed by atoms with van der Waals surface area (Å²) >= 11 is 4.61. The number of rotatable bonds is 5. The lowest BCUT2D eigenvalue weighted by molar-refractivity contribution is -0.121. The zero-order chi connectivity index (χ0) is 21.0. The molecule has 148 valence electrons. The Labute approximate surface area is 182 Å². The average Bonchev–Trinajstić information content (AvgIpc) is 2.68. The first kappa shape index (κ1) is 21.2. The van der Waals surface area contributed by atoms with E-state index >= 15 is 0 Å². The van der Waals surface area contributed by atoms with Gasteiger partial charge in [-0.2, -0.15) is 5.26 Å². The van der Waals surface area contributed by atoms with Crippen LogP contribution in [-0.2, 0) is 9.59 Å². The Hall–Kier alpha value is -2.56. The van der Waals surface area contributed by atoms with Gasteiger partial charge >= 0.3 is 0 Å². The SMILES string of the molecule is Cc1ccc(NC(=O)CSC2=C(C#N)[C@H](c3cccc(Br)c3)CC(=O)N2)cc1C. The zero-order valence-corrected chi connectivity index (χ0v) is 18.5. The van der Waals surface area contributed by atoms with Gasteiger partial charge in [-0.3, -0.25) is 9.59 Å².